The number of ether oxygens (including phenoxy) is 3. The Morgan fingerprint density at radius 1 is 1.00 bits per heavy atom. The van der Waals surface area contributed by atoms with Gasteiger partial charge in [-0.3, -0.25) is 4.79 Å². The first-order chi connectivity index (χ1) is 16.0. The summed E-state index contributed by atoms with van der Waals surface area (Å²) in [7, 11) is 0. The Morgan fingerprint density at radius 3 is 2.55 bits per heavy atom. The van der Waals surface area contributed by atoms with Crippen LogP contribution in [0.5, 0.6) is 17.2 Å². The largest absolute Gasteiger partial charge is 0.489 e. The van der Waals surface area contributed by atoms with Crippen molar-refractivity contribution in [3.8, 4) is 17.2 Å². The van der Waals surface area contributed by atoms with E-state index in [2.05, 4.69) is 0 Å². The van der Waals surface area contributed by atoms with Gasteiger partial charge in [0.25, 0.3) is 0 Å². The number of aromatic nitrogens is 1. The maximum absolute atomic E-state index is 13.3. The predicted molar refractivity (Wildman–Crippen MR) is 118 cm³/mol. The SMILES string of the molecule is O=C(O)c1cn(Cc2ccc(F)cc2)c2ccc(OCc3ccc4c(c3)OCO4)cc2c1=O. The Bertz CT molecular complexity index is 1430. The molecule has 0 aliphatic carbocycles. The Kier molecular flexibility index (Phi) is 5.18. The zero-order valence-corrected chi connectivity index (χ0v) is 17.3. The zero-order chi connectivity index (χ0) is 22.9. The first-order valence-corrected chi connectivity index (χ1v) is 10.1. The summed E-state index contributed by atoms with van der Waals surface area (Å²) in [6.07, 6.45) is 1.31. The lowest BCUT2D eigenvalue weighted by Gasteiger charge is -2.14. The van der Waals surface area contributed by atoms with Crippen molar-refractivity contribution < 1.29 is 28.5 Å². The molecule has 0 saturated carbocycles. The van der Waals surface area contributed by atoms with Crippen LogP contribution in [0.4, 0.5) is 4.39 Å². The van der Waals surface area contributed by atoms with Gasteiger partial charge in [0.15, 0.2) is 11.5 Å². The fourth-order valence-electron chi connectivity index (χ4n) is 3.73. The maximum atomic E-state index is 13.3. The quantitative estimate of drug-likeness (QED) is 0.477. The highest BCUT2D eigenvalue weighted by Crippen LogP contribution is 2.33. The van der Waals surface area contributed by atoms with E-state index < -0.39 is 11.4 Å². The van der Waals surface area contributed by atoms with E-state index in [1.165, 1.54) is 24.4 Å². The minimum Gasteiger partial charge on any atom is -0.489 e. The molecular formula is C25H18FNO6. The Morgan fingerprint density at radius 2 is 1.76 bits per heavy atom. The summed E-state index contributed by atoms with van der Waals surface area (Å²) in [6.45, 7) is 0.680. The van der Waals surface area contributed by atoms with Gasteiger partial charge in [0.1, 0.15) is 23.7 Å². The molecule has 1 N–H and O–H groups in total. The van der Waals surface area contributed by atoms with Crippen LogP contribution in [0.15, 0.2) is 71.7 Å². The number of hydrogen-bond acceptors (Lipinski definition) is 5. The molecule has 0 amide bonds. The highest BCUT2D eigenvalue weighted by molar-refractivity contribution is 5.93. The van der Waals surface area contributed by atoms with Crippen LogP contribution in [0.3, 0.4) is 0 Å². The Hall–Kier alpha value is -4.33. The number of benzene rings is 3. The Labute approximate surface area is 187 Å². The summed E-state index contributed by atoms with van der Waals surface area (Å²) in [6, 6.07) is 16.3. The van der Waals surface area contributed by atoms with Gasteiger partial charge in [-0.05, 0) is 53.6 Å². The van der Waals surface area contributed by atoms with Crippen molar-refractivity contribution in [3.63, 3.8) is 0 Å². The molecule has 0 bridgehead atoms. The standard InChI is InChI=1S/C25H18FNO6/c26-17-4-1-15(2-5-17)11-27-12-20(25(29)30)24(28)19-10-18(6-7-21(19)27)31-13-16-3-8-22-23(9-16)33-14-32-22/h1-10,12H,11,13-14H2,(H,29,30). The molecule has 166 valence electrons. The molecule has 0 fully saturated rings. The van der Waals surface area contributed by atoms with E-state index >= 15 is 0 Å². The normalized spacial score (nSPS) is 12.2. The van der Waals surface area contributed by atoms with Gasteiger partial charge in [-0.1, -0.05) is 18.2 Å². The third kappa shape index (κ3) is 4.10. The molecule has 0 saturated heterocycles. The number of fused-ring (bicyclic) bond motifs is 2. The summed E-state index contributed by atoms with van der Waals surface area (Å²) in [5.41, 5.74) is 1.22. The number of nitrogens with zero attached hydrogens (tertiary/aromatic N) is 1. The van der Waals surface area contributed by atoms with E-state index in [-0.39, 0.29) is 36.7 Å². The van der Waals surface area contributed by atoms with Gasteiger partial charge < -0.3 is 23.9 Å². The average molecular weight is 447 g/mol. The van der Waals surface area contributed by atoms with Crippen molar-refractivity contribution >= 4 is 16.9 Å². The van der Waals surface area contributed by atoms with Crippen LogP contribution in [0.1, 0.15) is 21.5 Å². The number of carboxylic acids is 1. The lowest BCUT2D eigenvalue weighted by atomic mass is 10.1. The molecule has 0 unspecified atom stereocenters. The van der Waals surface area contributed by atoms with Gasteiger partial charge in [-0.25, -0.2) is 9.18 Å². The lowest BCUT2D eigenvalue weighted by molar-refractivity contribution is 0.0695. The van der Waals surface area contributed by atoms with Crippen molar-refractivity contribution in [1.82, 2.24) is 4.57 Å². The molecule has 0 atom stereocenters. The van der Waals surface area contributed by atoms with Crippen LogP contribution in [-0.2, 0) is 13.2 Å². The van der Waals surface area contributed by atoms with Crippen LogP contribution < -0.4 is 19.6 Å². The number of carbonyl (C=O) groups is 1. The van der Waals surface area contributed by atoms with Gasteiger partial charge in [0, 0.05) is 12.7 Å². The number of halogens is 1. The van der Waals surface area contributed by atoms with Crippen molar-refractivity contribution in [2.24, 2.45) is 0 Å². The number of rotatable bonds is 6. The second-order valence-electron chi connectivity index (χ2n) is 7.59. The highest BCUT2D eigenvalue weighted by atomic mass is 19.1. The number of pyridine rings is 1. The molecule has 4 aromatic rings. The molecule has 1 aromatic heterocycles. The van der Waals surface area contributed by atoms with Crippen LogP contribution in [0.2, 0.25) is 0 Å². The summed E-state index contributed by atoms with van der Waals surface area (Å²) in [4.78, 5) is 24.5. The van der Waals surface area contributed by atoms with Crippen LogP contribution in [0, 0.1) is 5.82 Å². The molecule has 33 heavy (non-hydrogen) atoms. The number of carboxylic acid groups (broad SMARTS) is 1. The number of aromatic carboxylic acids is 1. The second-order valence-corrected chi connectivity index (χ2v) is 7.59. The topological polar surface area (TPSA) is 87.0 Å². The molecule has 2 heterocycles. The summed E-state index contributed by atoms with van der Waals surface area (Å²) in [5.74, 6) is 0.0605. The minimum absolute atomic E-state index is 0.181. The molecule has 8 heteroatoms. The fraction of sp³-hybridized carbons (Fsp3) is 0.120. The maximum Gasteiger partial charge on any atom is 0.341 e. The number of hydrogen-bond donors (Lipinski definition) is 1. The third-order valence-corrected chi connectivity index (χ3v) is 5.39. The smallest absolute Gasteiger partial charge is 0.341 e. The lowest BCUT2D eigenvalue weighted by Crippen LogP contribution is -2.19. The van der Waals surface area contributed by atoms with E-state index in [1.807, 2.05) is 12.1 Å². The van der Waals surface area contributed by atoms with Gasteiger partial charge >= 0.3 is 5.97 Å². The predicted octanol–water partition coefficient (Wildman–Crippen LogP) is 4.19. The van der Waals surface area contributed by atoms with Crippen LogP contribution in [-0.4, -0.2) is 22.4 Å². The van der Waals surface area contributed by atoms with E-state index in [0.717, 1.165) is 11.1 Å². The van der Waals surface area contributed by atoms with Crippen molar-refractivity contribution in [2.45, 2.75) is 13.2 Å². The molecule has 5 rings (SSSR count). The van der Waals surface area contributed by atoms with Crippen molar-refractivity contribution in [3.05, 3.63) is 99.6 Å². The van der Waals surface area contributed by atoms with Gasteiger partial charge in [0.05, 0.1) is 10.9 Å². The van der Waals surface area contributed by atoms with Crippen LogP contribution in [0.25, 0.3) is 10.9 Å². The Balaban J connectivity index is 1.48. The van der Waals surface area contributed by atoms with Crippen molar-refractivity contribution in [2.75, 3.05) is 6.79 Å². The molecular weight excluding hydrogens is 429 g/mol. The molecule has 3 aromatic carbocycles. The molecule has 0 radical (unpaired) electrons. The molecule has 0 spiro atoms. The third-order valence-electron chi connectivity index (χ3n) is 5.39. The van der Waals surface area contributed by atoms with Gasteiger partial charge in [-0.2, -0.15) is 0 Å². The summed E-state index contributed by atoms with van der Waals surface area (Å²) < 4.78 is 31.4. The highest BCUT2D eigenvalue weighted by Gasteiger charge is 2.16. The zero-order valence-electron chi connectivity index (χ0n) is 17.3. The van der Waals surface area contributed by atoms with Crippen molar-refractivity contribution in [1.29, 1.82) is 0 Å². The minimum atomic E-state index is -1.32. The van der Waals surface area contributed by atoms with E-state index in [0.29, 0.717) is 22.8 Å². The van der Waals surface area contributed by atoms with E-state index in [9.17, 15) is 19.1 Å². The fourth-order valence-corrected chi connectivity index (χ4v) is 3.73. The van der Waals surface area contributed by atoms with E-state index in [1.54, 1.807) is 34.9 Å². The molecule has 1 aliphatic rings. The summed E-state index contributed by atoms with van der Waals surface area (Å²) >= 11 is 0. The molecule has 1 aliphatic heterocycles. The van der Waals surface area contributed by atoms with Crippen LogP contribution >= 0.6 is 0 Å². The monoisotopic (exact) mass is 447 g/mol. The van der Waals surface area contributed by atoms with Gasteiger partial charge in [-0.15, -0.1) is 0 Å². The first-order valence-electron chi connectivity index (χ1n) is 10.1. The second kappa shape index (κ2) is 8.31. The summed E-state index contributed by atoms with van der Waals surface area (Å²) in [5, 5.41) is 9.76. The molecule has 7 nitrogen and oxygen atoms in total. The van der Waals surface area contributed by atoms with Gasteiger partial charge in [0.2, 0.25) is 12.2 Å². The first kappa shape index (κ1) is 20.6. The average Bonchev–Trinajstić information content (AvgIpc) is 3.28. The van der Waals surface area contributed by atoms with E-state index in [4.69, 9.17) is 14.2 Å².